The Morgan fingerprint density at radius 2 is 2.15 bits per heavy atom. The number of nitrogens with one attached hydrogen (secondary N) is 2. The summed E-state index contributed by atoms with van der Waals surface area (Å²) < 4.78 is 18.2. The van der Waals surface area contributed by atoms with Crippen LogP contribution in [0.5, 0.6) is 0 Å². The summed E-state index contributed by atoms with van der Waals surface area (Å²) in [6, 6.07) is 4.46. The second-order valence-corrected chi connectivity index (χ2v) is 7.60. The van der Waals surface area contributed by atoms with E-state index in [1.54, 1.807) is 13.1 Å². The molecule has 1 aliphatic rings. The van der Waals surface area contributed by atoms with Crippen molar-refractivity contribution in [2.24, 2.45) is 5.92 Å². The van der Waals surface area contributed by atoms with Crippen LogP contribution in [0.4, 0.5) is 4.39 Å². The van der Waals surface area contributed by atoms with Crippen LogP contribution in [-0.2, 0) is 4.79 Å². The largest absolute Gasteiger partial charge is 0.359 e. The average molecular weight is 394 g/mol. The van der Waals surface area contributed by atoms with Crippen molar-refractivity contribution < 1.29 is 18.5 Å². The van der Waals surface area contributed by atoms with Gasteiger partial charge < -0.3 is 20.1 Å². The molecule has 0 unspecified atom stereocenters. The summed E-state index contributed by atoms with van der Waals surface area (Å²) in [6.45, 7) is 3.21. The Balaban J connectivity index is 1.28. The van der Waals surface area contributed by atoms with E-state index in [9.17, 15) is 14.0 Å². The molecule has 2 N–H and O–H groups in total. The quantitative estimate of drug-likeness (QED) is 0.636. The Morgan fingerprint density at radius 3 is 2.85 bits per heavy atom. The monoisotopic (exact) mass is 394 g/mol. The minimum Gasteiger partial charge on any atom is -0.359 e. The molecular formula is C18H23FN4O3S. The van der Waals surface area contributed by atoms with Gasteiger partial charge >= 0.3 is 0 Å². The van der Waals surface area contributed by atoms with Gasteiger partial charge in [0, 0.05) is 32.7 Å². The SMILES string of the molecule is CNC(=O)C1CN(CCCCCNC(=O)c2cc(-c3ccc(F)s3)on2)C1. The van der Waals surface area contributed by atoms with Crippen LogP contribution in [0.2, 0.25) is 0 Å². The molecule has 1 saturated heterocycles. The first-order valence-electron chi connectivity index (χ1n) is 9.01. The van der Waals surface area contributed by atoms with Crippen LogP contribution in [0.25, 0.3) is 10.6 Å². The van der Waals surface area contributed by atoms with Crippen LogP contribution in [0, 0.1) is 11.0 Å². The summed E-state index contributed by atoms with van der Waals surface area (Å²) in [5.74, 6) is 0.346. The second-order valence-electron chi connectivity index (χ2n) is 6.57. The Hall–Kier alpha value is -2.26. The van der Waals surface area contributed by atoms with Crippen molar-refractivity contribution in [2.45, 2.75) is 19.3 Å². The smallest absolute Gasteiger partial charge is 0.273 e. The zero-order valence-electron chi connectivity index (χ0n) is 15.2. The number of aromatic nitrogens is 1. The number of nitrogens with zero attached hydrogens (tertiary/aromatic N) is 2. The number of unbranched alkanes of at least 4 members (excludes halogenated alkanes) is 2. The topological polar surface area (TPSA) is 87.5 Å². The standard InChI is InChI=1S/C18H23FN4O3S/c1-20-17(24)12-10-23(11-12)8-4-2-3-7-21-18(25)13-9-14(26-22-13)15-5-6-16(19)27-15/h5-6,9,12H,2-4,7-8,10-11H2,1H3,(H,20,24)(H,21,25). The van der Waals surface area contributed by atoms with Gasteiger partial charge in [0.15, 0.2) is 16.6 Å². The number of halogens is 1. The molecule has 2 aromatic rings. The van der Waals surface area contributed by atoms with Crippen molar-refractivity contribution in [1.29, 1.82) is 0 Å². The lowest BCUT2D eigenvalue weighted by atomic mass is 9.99. The van der Waals surface area contributed by atoms with Gasteiger partial charge in [0.25, 0.3) is 5.91 Å². The molecule has 0 radical (unpaired) electrons. The van der Waals surface area contributed by atoms with Crippen LogP contribution in [0.3, 0.4) is 0 Å². The van der Waals surface area contributed by atoms with Crippen LogP contribution in [-0.4, -0.2) is 55.1 Å². The summed E-state index contributed by atoms with van der Waals surface area (Å²) in [5.41, 5.74) is 0.194. The molecule has 2 aromatic heterocycles. The first-order valence-corrected chi connectivity index (χ1v) is 9.83. The van der Waals surface area contributed by atoms with E-state index in [1.807, 2.05) is 0 Å². The molecule has 0 atom stereocenters. The van der Waals surface area contributed by atoms with E-state index in [2.05, 4.69) is 20.7 Å². The van der Waals surface area contributed by atoms with Gasteiger partial charge in [0.1, 0.15) is 0 Å². The van der Waals surface area contributed by atoms with E-state index in [0.29, 0.717) is 17.2 Å². The summed E-state index contributed by atoms with van der Waals surface area (Å²) >= 11 is 0.946. The molecular weight excluding hydrogens is 371 g/mol. The molecule has 2 amide bonds. The van der Waals surface area contributed by atoms with E-state index < -0.39 is 0 Å². The lowest BCUT2D eigenvalue weighted by Crippen LogP contribution is -2.53. The normalized spacial score (nSPS) is 14.7. The van der Waals surface area contributed by atoms with Crippen LogP contribution >= 0.6 is 11.3 Å². The molecule has 3 heterocycles. The van der Waals surface area contributed by atoms with E-state index in [0.717, 1.165) is 50.2 Å². The van der Waals surface area contributed by atoms with E-state index in [4.69, 9.17) is 4.52 Å². The fourth-order valence-corrected chi connectivity index (χ4v) is 3.68. The summed E-state index contributed by atoms with van der Waals surface area (Å²) in [6.07, 6.45) is 2.91. The molecule has 0 saturated carbocycles. The highest BCUT2D eigenvalue weighted by molar-refractivity contribution is 7.13. The lowest BCUT2D eigenvalue weighted by molar-refractivity contribution is -0.129. The molecule has 0 aliphatic carbocycles. The Labute approximate surface area is 160 Å². The zero-order chi connectivity index (χ0) is 19.2. The van der Waals surface area contributed by atoms with Gasteiger partial charge in [-0.2, -0.15) is 4.39 Å². The van der Waals surface area contributed by atoms with Gasteiger partial charge in [-0.05, 0) is 31.5 Å². The van der Waals surface area contributed by atoms with Crippen molar-refractivity contribution in [3.05, 3.63) is 29.0 Å². The van der Waals surface area contributed by atoms with Gasteiger partial charge in [-0.3, -0.25) is 9.59 Å². The number of hydrogen-bond donors (Lipinski definition) is 2. The molecule has 1 fully saturated rings. The van der Waals surface area contributed by atoms with E-state index >= 15 is 0 Å². The van der Waals surface area contributed by atoms with Gasteiger partial charge in [-0.15, -0.1) is 11.3 Å². The fraction of sp³-hybridized carbons (Fsp3) is 0.500. The van der Waals surface area contributed by atoms with Gasteiger partial charge in [0.05, 0.1) is 10.8 Å². The number of rotatable bonds is 9. The predicted molar refractivity (Wildman–Crippen MR) is 100.0 cm³/mol. The number of carbonyl (C=O) groups is 2. The van der Waals surface area contributed by atoms with E-state index in [1.165, 1.54) is 12.1 Å². The minimum atomic E-state index is -0.310. The first kappa shape index (κ1) is 19.5. The van der Waals surface area contributed by atoms with Gasteiger partial charge in [-0.25, -0.2) is 0 Å². The Bertz CT molecular complexity index is 785. The van der Waals surface area contributed by atoms with Crippen molar-refractivity contribution in [3.63, 3.8) is 0 Å². The molecule has 0 aromatic carbocycles. The zero-order valence-corrected chi connectivity index (χ0v) is 16.0. The maximum absolute atomic E-state index is 13.1. The number of hydrogen-bond acceptors (Lipinski definition) is 6. The van der Waals surface area contributed by atoms with Crippen molar-refractivity contribution in [2.75, 3.05) is 33.2 Å². The molecule has 146 valence electrons. The van der Waals surface area contributed by atoms with Gasteiger partial charge in [-0.1, -0.05) is 11.6 Å². The second kappa shape index (κ2) is 9.09. The van der Waals surface area contributed by atoms with Crippen LogP contribution < -0.4 is 10.6 Å². The van der Waals surface area contributed by atoms with Crippen molar-refractivity contribution in [3.8, 4) is 10.6 Å². The molecule has 7 nitrogen and oxygen atoms in total. The van der Waals surface area contributed by atoms with Crippen LogP contribution in [0.15, 0.2) is 22.7 Å². The lowest BCUT2D eigenvalue weighted by Gasteiger charge is -2.37. The number of carbonyl (C=O) groups excluding carboxylic acids is 2. The third-order valence-electron chi connectivity index (χ3n) is 4.57. The van der Waals surface area contributed by atoms with Crippen molar-refractivity contribution >= 4 is 23.2 Å². The number of likely N-dealkylation sites (tertiary alicyclic amines) is 1. The summed E-state index contributed by atoms with van der Waals surface area (Å²) in [5, 5.41) is 8.92. The maximum Gasteiger partial charge on any atom is 0.273 e. The average Bonchev–Trinajstić information content (AvgIpc) is 3.27. The maximum atomic E-state index is 13.1. The van der Waals surface area contributed by atoms with Crippen LogP contribution in [0.1, 0.15) is 29.8 Å². The molecule has 3 rings (SSSR count). The fourth-order valence-electron chi connectivity index (χ4n) is 3.00. The summed E-state index contributed by atoms with van der Waals surface area (Å²) in [4.78, 5) is 26.3. The highest BCUT2D eigenvalue weighted by Crippen LogP contribution is 2.27. The third-order valence-corrected chi connectivity index (χ3v) is 5.46. The highest BCUT2D eigenvalue weighted by atomic mass is 32.1. The molecule has 9 heteroatoms. The third kappa shape index (κ3) is 5.14. The Kier molecular flexibility index (Phi) is 6.57. The number of thiophene rings is 1. The van der Waals surface area contributed by atoms with Crippen molar-refractivity contribution in [1.82, 2.24) is 20.7 Å². The highest BCUT2D eigenvalue weighted by Gasteiger charge is 2.31. The number of amides is 2. The Morgan fingerprint density at radius 1 is 1.33 bits per heavy atom. The molecule has 27 heavy (non-hydrogen) atoms. The molecule has 0 bridgehead atoms. The minimum absolute atomic E-state index is 0.120. The molecule has 1 aliphatic heterocycles. The predicted octanol–water partition coefficient (Wildman–Crippen LogP) is 2.12. The first-order chi connectivity index (χ1) is 13.1. The van der Waals surface area contributed by atoms with E-state index in [-0.39, 0.29) is 28.6 Å². The molecule has 0 spiro atoms. The van der Waals surface area contributed by atoms with Gasteiger partial charge in [0.2, 0.25) is 5.91 Å². The summed E-state index contributed by atoms with van der Waals surface area (Å²) in [7, 11) is 1.67.